The molecule has 0 radical (unpaired) electrons. The summed E-state index contributed by atoms with van der Waals surface area (Å²) in [4.78, 5) is 38.7. The SMILES string of the molecule is O=C(O)C(F)(F)F.O=C(c1cccnc1)N1CCCC2(CCN(c3ncccn3)C2)C1. The summed E-state index contributed by atoms with van der Waals surface area (Å²) in [5.74, 6) is -1.87. The molecular formula is C20H22F3N5O3. The number of carbonyl (C=O) groups excluding carboxylic acids is 1. The summed E-state index contributed by atoms with van der Waals surface area (Å²) in [5, 5.41) is 7.12. The Hall–Kier alpha value is -3.24. The summed E-state index contributed by atoms with van der Waals surface area (Å²) in [6.07, 6.45) is 5.13. The second-order valence-corrected chi connectivity index (χ2v) is 7.60. The van der Waals surface area contributed by atoms with Crippen LogP contribution in [0.1, 0.15) is 29.6 Å². The molecular weight excluding hydrogens is 415 g/mol. The predicted octanol–water partition coefficient (Wildman–Crippen LogP) is 2.64. The lowest BCUT2D eigenvalue weighted by Gasteiger charge is -2.40. The molecule has 2 aromatic heterocycles. The van der Waals surface area contributed by atoms with Gasteiger partial charge in [-0.05, 0) is 37.5 Å². The molecule has 1 amide bonds. The van der Waals surface area contributed by atoms with Crippen LogP contribution in [0.2, 0.25) is 0 Å². The largest absolute Gasteiger partial charge is 0.490 e. The van der Waals surface area contributed by atoms with E-state index < -0.39 is 12.1 Å². The van der Waals surface area contributed by atoms with E-state index in [0.717, 1.165) is 51.4 Å². The Morgan fingerprint density at radius 1 is 1.03 bits per heavy atom. The topological polar surface area (TPSA) is 99.5 Å². The molecule has 0 aliphatic carbocycles. The highest BCUT2D eigenvalue weighted by Gasteiger charge is 2.43. The number of hydrogen-bond donors (Lipinski definition) is 1. The van der Waals surface area contributed by atoms with Crippen LogP contribution in [-0.2, 0) is 4.79 Å². The van der Waals surface area contributed by atoms with E-state index in [1.807, 2.05) is 23.1 Å². The number of rotatable bonds is 2. The molecule has 11 heteroatoms. The second kappa shape index (κ2) is 9.27. The molecule has 2 aliphatic heterocycles. The molecule has 1 spiro atoms. The van der Waals surface area contributed by atoms with Crippen LogP contribution in [0.15, 0.2) is 43.0 Å². The summed E-state index contributed by atoms with van der Waals surface area (Å²) >= 11 is 0. The summed E-state index contributed by atoms with van der Waals surface area (Å²) in [6.45, 7) is 3.52. The molecule has 1 atom stereocenters. The molecule has 2 saturated heterocycles. The number of halogens is 3. The van der Waals surface area contributed by atoms with E-state index in [-0.39, 0.29) is 11.3 Å². The molecule has 1 unspecified atom stereocenters. The summed E-state index contributed by atoms with van der Waals surface area (Å²) in [5.41, 5.74) is 0.839. The van der Waals surface area contributed by atoms with Gasteiger partial charge in [0.2, 0.25) is 5.95 Å². The molecule has 166 valence electrons. The fourth-order valence-electron chi connectivity index (χ4n) is 3.95. The molecule has 0 aromatic carbocycles. The fourth-order valence-corrected chi connectivity index (χ4v) is 3.95. The monoisotopic (exact) mass is 437 g/mol. The standard InChI is InChI=1S/C18H21N5O.C2HF3O2/c24-16(15-4-1-7-19-12-15)22-10-2-5-18(13-22)6-11-23(14-18)17-20-8-3-9-21-17;3-2(4,5)1(6)7/h1,3-4,7-9,12H,2,5-6,10-11,13-14H2;(H,6,7). The Labute approximate surface area is 176 Å². The van der Waals surface area contributed by atoms with Crippen molar-refractivity contribution < 1.29 is 27.9 Å². The highest BCUT2D eigenvalue weighted by molar-refractivity contribution is 5.94. The third-order valence-corrected chi connectivity index (χ3v) is 5.37. The van der Waals surface area contributed by atoms with Crippen LogP contribution in [0.3, 0.4) is 0 Å². The van der Waals surface area contributed by atoms with Gasteiger partial charge in [0, 0.05) is 56.4 Å². The Morgan fingerprint density at radius 3 is 2.35 bits per heavy atom. The van der Waals surface area contributed by atoms with Crippen molar-refractivity contribution in [2.75, 3.05) is 31.1 Å². The first-order valence-corrected chi connectivity index (χ1v) is 9.72. The van der Waals surface area contributed by atoms with Crippen LogP contribution in [0.4, 0.5) is 19.1 Å². The molecule has 2 fully saturated rings. The number of carboxylic acid groups (broad SMARTS) is 1. The van der Waals surface area contributed by atoms with Gasteiger partial charge in [-0.15, -0.1) is 0 Å². The van der Waals surface area contributed by atoms with Crippen molar-refractivity contribution in [2.24, 2.45) is 5.41 Å². The van der Waals surface area contributed by atoms with Crippen molar-refractivity contribution >= 4 is 17.8 Å². The average Bonchev–Trinajstić information content (AvgIpc) is 3.17. The number of likely N-dealkylation sites (tertiary alicyclic amines) is 1. The number of aromatic nitrogens is 3. The van der Waals surface area contributed by atoms with E-state index in [1.165, 1.54) is 0 Å². The maximum atomic E-state index is 12.7. The number of piperidine rings is 1. The van der Waals surface area contributed by atoms with Crippen LogP contribution in [0.5, 0.6) is 0 Å². The third kappa shape index (κ3) is 5.68. The van der Waals surface area contributed by atoms with Gasteiger partial charge in [0.15, 0.2) is 0 Å². The highest BCUT2D eigenvalue weighted by atomic mass is 19.4. The number of pyridine rings is 1. The molecule has 0 saturated carbocycles. The van der Waals surface area contributed by atoms with E-state index in [0.29, 0.717) is 5.56 Å². The van der Waals surface area contributed by atoms with Crippen molar-refractivity contribution in [3.63, 3.8) is 0 Å². The highest BCUT2D eigenvalue weighted by Crippen LogP contribution is 2.40. The lowest BCUT2D eigenvalue weighted by atomic mass is 9.79. The minimum absolute atomic E-state index is 0.0941. The van der Waals surface area contributed by atoms with Gasteiger partial charge in [-0.3, -0.25) is 9.78 Å². The van der Waals surface area contributed by atoms with Gasteiger partial charge in [-0.25, -0.2) is 14.8 Å². The minimum atomic E-state index is -5.08. The zero-order chi connectivity index (χ0) is 22.5. The molecule has 2 aliphatic rings. The maximum absolute atomic E-state index is 12.7. The first kappa shape index (κ1) is 22.4. The average molecular weight is 437 g/mol. The molecule has 0 bridgehead atoms. The van der Waals surface area contributed by atoms with Gasteiger partial charge in [0.25, 0.3) is 5.91 Å². The Morgan fingerprint density at radius 2 is 1.74 bits per heavy atom. The van der Waals surface area contributed by atoms with Gasteiger partial charge in [0.05, 0.1) is 5.56 Å². The number of aliphatic carboxylic acids is 1. The van der Waals surface area contributed by atoms with E-state index in [4.69, 9.17) is 9.90 Å². The maximum Gasteiger partial charge on any atom is 0.490 e. The van der Waals surface area contributed by atoms with Crippen molar-refractivity contribution in [2.45, 2.75) is 25.4 Å². The number of carboxylic acids is 1. The Bertz CT molecular complexity index is 898. The number of anilines is 1. The van der Waals surface area contributed by atoms with E-state index in [2.05, 4.69) is 19.9 Å². The molecule has 8 nitrogen and oxygen atoms in total. The number of amides is 1. The second-order valence-electron chi connectivity index (χ2n) is 7.60. The molecule has 2 aromatic rings. The van der Waals surface area contributed by atoms with Gasteiger partial charge >= 0.3 is 12.1 Å². The Balaban J connectivity index is 0.000000339. The van der Waals surface area contributed by atoms with Gasteiger partial charge in [0.1, 0.15) is 0 Å². The first-order chi connectivity index (χ1) is 14.7. The fraction of sp³-hybridized carbons (Fsp3) is 0.450. The summed E-state index contributed by atoms with van der Waals surface area (Å²) < 4.78 is 31.7. The zero-order valence-electron chi connectivity index (χ0n) is 16.6. The number of alkyl halides is 3. The Kier molecular flexibility index (Phi) is 6.71. The molecule has 1 N–H and O–H groups in total. The van der Waals surface area contributed by atoms with Crippen LogP contribution in [0.25, 0.3) is 0 Å². The van der Waals surface area contributed by atoms with Gasteiger partial charge in [-0.2, -0.15) is 13.2 Å². The van der Waals surface area contributed by atoms with Crippen LogP contribution >= 0.6 is 0 Å². The van der Waals surface area contributed by atoms with Gasteiger partial charge in [-0.1, -0.05) is 0 Å². The van der Waals surface area contributed by atoms with E-state index in [9.17, 15) is 18.0 Å². The van der Waals surface area contributed by atoms with Crippen molar-refractivity contribution in [1.29, 1.82) is 0 Å². The van der Waals surface area contributed by atoms with Crippen molar-refractivity contribution in [3.8, 4) is 0 Å². The van der Waals surface area contributed by atoms with Crippen LogP contribution in [-0.4, -0.2) is 69.2 Å². The number of hydrogen-bond acceptors (Lipinski definition) is 6. The van der Waals surface area contributed by atoms with Crippen LogP contribution in [0, 0.1) is 5.41 Å². The predicted molar refractivity (Wildman–Crippen MR) is 104 cm³/mol. The van der Waals surface area contributed by atoms with Crippen LogP contribution < -0.4 is 4.90 Å². The third-order valence-electron chi connectivity index (χ3n) is 5.37. The lowest BCUT2D eigenvalue weighted by molar-refractivity contribution is -0.192. The van der Waals surface area contributed by atoms with Gasteiger partial charge < -0.3 is 14.9 Å². The minimum Gasteiger partial charge on any atom is -0.475 e. The van der Waals surface area contributed by atoms with Crippen molar-refractivity contribution in [3.05, 3.63) is 48.5 Å². The number of nitrogens with zero attached hydrogens (tertiary/aromatic N) is 5. The normalized spacial score (nSPS) is 20.9. The summed E-state index contributed by atoms with van der Waals surface area (Å²) in [7, 11) is 0. The smallest absolute Gasteiger partial charge is 0.475 e. The molecule has 4 heterocycles. The lowest BCUT2D eigenvalue weighted by Crippen LogP contribution is -2.47. The van der Waals surface area contributed by atoms with E-state index >= 15 is 0 Å². The number of carbonyl (C=O) groups is 2. The zero-order valence-corrected chi connectivity index (χ0v) is 16.6. The molecule has 4 rings (SSSR count). The summed E-state index contributed by atoms with van der Waals surface area (Å²) in [6, 6.07) is 5.50. The van der Waals surface area contributed by atoms with E-state index in [1.54, 1.807) is 24.8 Å². The first-order valence-electron chi connectivity index (χ1n) is 9.72. The molecule has 31 heavy (non-hydrogen) atoms. The quantitative estimate of drug-likeness (QED) is 0.771. The van der Waals surface area contributed by atoms with Crippen molar-refractivity contribution in [1.82, 2.24) is 19.9 Å².